The number of nitrogens with zero attached hydrogens (tertiary/aromatic N) is 1. The maximum Gasteiger partial charge on any atom is 0.273 e. The zero-order chi connectivity index (χ0) is 17.4. The molecule has 23 heavy (non-hydrogen) atoms. The Balaban J connectivity index is 2.53. The molecule has 0 saturated heterocycles. The predicted molar refractivity (Wildman–Crippen MR) is 88.6 cm³/mol. The highest BCUT2D eigenvalue weighted by atomic mass is 32.2. The SMILES string of the molecule is CC(C)(C)c1ccc(-c2ccc(S(N)(=O)=O)cc2)cc1[N+](=O)[O-]. The molecule has 0 bridgehead atoms. The maximum atomic E-state index is 11.3. The van der Waals surface area contributed by atoms with Crippen molar-refractivity contribution < 1.29 is 13.3 Å². The highest BCUT2D eigenvalue weighted by Crippen LogP contribution is 2.34. The molecule has 0 aliphatic rings. The molecule has 0 atom stereocenters. The molecule has 0 saturated carbocycles. The van der Waals surface area contributed by atoms with Crippen molar-refractivity contribution in [3.05, 3.63) is 58.1 Å². The van der Waals surface area contributed by atoms with E-state index in [4.69, 9.17) is 5.14 Å². The number of nitro groups is 1. The number of hydrogen-bond donors (Lipinski definition) is 1. The molecule has 2 rings (SSSR count). The molecule has 2 aromatic carbocycles. The van der Waals surface area contributed by atoms with Crippen LogP contribution in [0.3, 0.4) is 0 Å². The zero-order valence-corrected chi connectivity index (χ0v) is 13.9. The van der Waals surface area contributed by atoms with Crippen LogP contribution in [0.25, 0.3) is 11.1 Å². The van der Waals surface area contributed by atoms with Crippen molar-refractivity contribution in [1.29, 1.82) is 0 Å². The number of sulfonamides is 1. The zero-order valence-electron chi connectivity index (χ0n) is 13.1. The molecule has 0 aromatic heterocycles. The number of rotatable bonds is 3. The van der Waals surface area contributed by atoms with E-state index in [0.29, 0.717) is 16.7 Å². The first-order valence-electron chi connectivity index (χ1n) is 6.92. The average Bonchev–Trinajstić information content (AvgIpc) is 2.45. The van der Waals surface area contributed by atoms with Crippen LogP contribution in [-0.4, -0.2) is 13.3 Å². The van der Waals surface area contributed by atoms with Gasteiger partial charge in [-0.3, -0.25) is 10.1 Å². The van der Waals surface area contributed by atoms with E-state index in [0.717, 1.165) is 0 Å². The van der Waals surface area contributed by atoms with Gasteiger partial charge in [0.2, 0.25) is 10.0 Å². The van der Waals surface area contributed by atoms with Gasteiger partial charge in [-0.1, -0.05) is 45.0 Å². The van der Waals surface area contributed by atoms with Crippen molar-refractivity contribution in [2.45, 2.75) is 31.1 Å². The summed E-state index contributed by atoms with van der Waals surface area (Å²) in [6.07, 6.45) is 0. The van der Waals surface area contributed by atoms with Gasteiger partial charge in [-0.2, -0.15) is 0 Å². The molecule has 0 amide bonds. The van der Waals surface area contributed by atoms with E-state index in [2.05, 4.69) is 0 Å². The van der Waals surface area contributed by atoms with E-state index in [1.54, 1.807) is 24.3 Å². The molecule has 0 radical (unpaired) electrons. The smallest absolute Gasteiger partial charge is 0.258 e. The van der Waals surface area contributed by atoms with E-state index in [1.807, 2.05) is 20.8 Å². The third-order valence-electron chi connectivity index (χ3n) is 3.52. The van der Waals surface area contributed by atoms with E-state index >= 15 is 0 Å². The van der Waals surface area contributed by atoms with E-state index in [1.165, 1.54) is 18.2 Å². The Morgan fingerprint density at radius 2 is 1.52 bits per heavy atom. The summed E-state index contributed by atoms with van der Waals surface area (Å²) in [5, 5.41) is 16.4. The maximum absolute atomic E-state index is 11.3. The van der Waals surface area contributed by atoms with Crippen LogP contribution in [0, 0.1) is 10.1 Å². The molecule has 122 valence electrons. The molecule has 0 unspecified atom stereocenters. The van der Waals surface area contributed by atoms with Gasteiger partial charge in [0, 0.05) is 11.6 Å². The first-order valence-corrected chi connectivity index (χ1v) is 8.47. The van der Waals surface area contributed by atoms with E-state index in [9.17, 15) is 18.5 Å². The van der Waals surface area contributed by atoms with Crippen molar-refractivity contribution in [3.63, 3.8) is 0 Å². The second kappa shape index (κ2) is 5.75. The fourth-order valence-corrected chi connectivity index (χ4v) is 2.85. The van der Waals surface area contributed by atoms with Crippen molar-refractivity contribution in [2.24, 2.45) is 5.14 Å². The minimum atomic E-state index is -3.76. The Bertz CT molecular complexity index is 851. The van der Waals surface area contributed by atoms with E-state index < -0.39 is 14.9 Å². The minimum absolute atomic E-state index is 0.00191. The number of hydrogen-bond acceptors (Lipinski definition) is 4. The fourth-order valence-electron chi connectivity index (χ4n) is 2.33. The number of nitro benzene ring substituents is 1. The lowest BCUT2D eigenvalue weighted by Crippen LogP contribution is -2.13. The molecule has 2 N–H and O–H groups in total. The molecule has 6 nitrogen and oxygen atoms in total. The lowest BCUT2D eigenvalue weighted by atomic mass is 9.85. The second-order valence-corrected chi connectivity index (χ2v) is 7.87. The van der Waals surface area contributed by atoms with E-state index in [-0.39, 0.29) is 16.0 Å². The van der Waals surface area contributed by atoms with Crippen LogP contribution < -0.4 is 5.14 Å². The molecule has 2 aromatic rings. The van der Waals surface area contributed by atoms with Gasteiger partial charge < -0.3 is 0 Å². The summed E-state index contributed by atoms with van der Waals surface area (Å²) in [5.74, 6) is 0. The van der Waals surface area contributed by atoms with Gasteiger partial charge in [0.1, 0.15) is 0 Å². The van der Waals surface area contributed by atoms with Gasteiger partial charge in [-0.25, -0.2) is 13.6 Å². The monoisotopic (exact) mass is 334 g/mol. The van der Waals surface area contributed by atoms with Gasteiger partial charge in [0.25, 0.3) is 5.69 Å². The minimum Gasteiger partial charge on any atom is -0.258 e. The van der Waals surface area contributed by atoms with Crippen molar-refractivity contribution >= 4 is 15.7 Å². The van der Waals surface area contributed by atoms with Gasteiger partial charge in [0.15, 0.2) is 0 Å². The average molecular weight is 334 g/mol. The Labute approximate surface area is 135 Å². The standard InChI is InChI=1S/C16H18N2O4S/c1-16(2,3)14-9-6-12(10-15(14)18(19)20)11-4-7-13(8-5-11)23(17,21)22/h4-10H,1-3H3,(H2,17,21,22). The van der Waals surface area contributed by atoms with Crippen molar-refractivity contribution in [3.8, 4) is 11.1 Å². The van der Waals surface area contributed by atoms with Crippen LogP contribution in [0.4, 0.5) is 5.69 Å². The molecular weight excluding hydrogens is 316 g/mol. The van der Waals surface area contributed by atoms with Crippen molar-refractivity contribution in [1.82, 2.24) is 0 Å². The Morgan fingerprint density at radius 1 is 1.00 bits per heavy atom. The Hall–Kier alpha value is -2.25. The fraction of sp³-hybridized carbons (Fsp3) is 0.250. The molecule has 0 fully saturated rings. The summed E-state index contributed by atoms with van der Waals surface area (Å²) in [7, 11) is -3.76. The van der Waals surface area contributed by atoms with Crippen molar-refractivity contribution in [2.75, 3.05) is 0 Å². The first kappa shape index (κ1) is 17.1. The van der Waals surface area contributed by atoms with Gasteiger partial charge in [0.05, 0.1) is 9.82 Å². The molecule has 0 spiro atoms. The number of nitrogens with two attached hydrogens (primary N) is 1. The second-order valence-electron chi connectivity index (χ2n) is 6.31. The Morgan fingerprint density at radius 3 is 1.96 bits per heavy atom. The van der Waals surface area contributed by atoms with Crippen LogP contribution in [0.5, 0.6) is 0 Å². The van der Waals surface area contributed by atoms with Gasteiger partial charge in [-0.05, 0) is 28.7 Å². The first-order chi connectivity index (χ1) is 10.5. The lowest BCUT2D eigenvalue weighted by molar-refractivity contribution is -0.385. The van der Waals surface area contributed by atoms with Crippen LogP contribution in [0.1, 0.15) is 26.3 Å². The third-order valence-corrected chi connectivity index (χ3v) is 4.45. The summed E-state index contributed by atoms with van der Waals surface area (Å²) in [6.45, 7) is 5.74. The Kier molecular flexibility index (Phi) is 4.28. The van der Waals surface area contributed by atoms with Crippen LogP contribution >= 0.6 is 0 Å². The molecule has 7 heteroatoms. The summed E-state index contributed by atoms with van der Waals surface area (Å²) in [6, 6.07) is 11.0. The summed E-state index contributed by atoms with van der Waals surface area (Å²) < 4.78 is 22.5. The van der Waals surface area contributed by atoms with Crippen LogP contribution in [-0.2, 0) is 15.4 Å². The highest BCUT2D eigenvalue weighted by Gasteiger charge is 2.25. The molecular formula is C16H18N2O4S. The molecule has 0 heterocycles. The summed E-state index contributed by atoms with van der Waals surface area (Å²) in [5.41, 5.74) is 1.67. The van der Waals surface area contributed by atoms with Gasteiger partial charge in [-0.15, -0.1) is 0 Å². The summed E-state index contributed by atoms with van der Waals surface area (Å²) >= 11 is 0. The molecule has 0 aliphatic heterocycles. The summed E-state index contributed by atoms with van der Waals surface area (Å²) in [4.78, 5) is 10.9. The van der Waals surface area contributed by atoms with Crippen LogP contribution in [0.15, 0.2) is 47.4 Å². The van der Waals surface area contributed by atoms with Crippen LogP contribution in [0.2, 0.25) is 0 Å². The quantitative estimate of drug-likeness (QED) is 0.687. The topological polar surface area (TPSA) is 103 Å². The predicted octanol–water partition coefficient (Wildman–Crippen LogP) is 3.21. The number of primary sulfonamides is 1. The normalized spacial score (nSPS) is 12.2. The largest absolute Gasteiger partial charge is 0.273 e. The van der Waals surface area contributed by atoms with Gasteiger partial charge >= 0.3 is 0 Å². The third kappa shape index (κ3) is 3.75. The number of benzene rings is 2. The highest BCUT2D eigenvalue weighted by molar-refractivity contribution is 7.89. The molecule has 0 aliphatic carbocycles. The lowest BCUT2D eigenvalue weighted by Gasteiger charge is -2.19.